The van der Waals surface area contributed by atoms with Crippen molar-refractivity contribution in [3.63, 3.8) is 0 Å². The molecule has 0 atom stereocenters. The molecular formula is C17H16F3N3. The van der Waals surface area contributed by atoms with E-state index in [1.165, 1.54) is 16.8 Å². The van der Waals surface area contributed by atoms with E-state index in [0.29, 0.717) is 11.0 Å². The maximum atomic E-state index is 13.2. The summed E-state index contributed by atoms with van der Waals surface area (Å²) in [4.78, 5) is 0. The Bertz CT molecular complexity index is 821. The molecule has 0 aliphatic rings. The van der Waals surface area contributed by atoms with Gasteiger partial charge in [0.05, 0.1) is 16.8 Å². The van der Waals surface area contributed by atoms with Gasteiger partial charge in [0.15, 0.2) is 0 Å². The fourth-order valence-electron chi connectivity index (χ4n) is 2.65. The standard InChI is InChI=1S/C17H16F3N3/c1-2-3-7-12-8-6-11-15-16(12)21-22-23(15)14-10-5-4-9-13(14)17(18,19)20/h4-6,8-11H,2-3,7H2,1H3. The number of nitrogens with zero attached hydrogens (tertiary/aromatic N) is 3. The third kappa shape index (κ3) is 2.93. The highest BCUT2D eigenvalue weighted by atomic mass is 19.4. The van der Waals surface area contributed by atoms with Gasteiger partial charge in [-0.15, -0.1) is 5.10 Å². The minimum Gasteiger partial charge on any atom is -0.212 e. The zero-order chi connectivity index (χ0) is 16.4. The van der Waals surface area contributed by atoms with Crippen molar-refractivity contribution in [2.24, 2.45) is 0 Å². The largest absolute Gasteiger partial charge is 0.418 e. The first kappa shape index (κ1) is 15.5. The van der Waals surface area contributed by atoms with Crippen molar-refractivity contribution in [1.29, 1.82) is 0 Å². The Balaban J connectivity index is 2.16. The first-order valence-corrected chi connectivity index (χ1v) is 7.52. The van der Waals surface area contributed by atoms with Crippen LogP contribution in [-0.2, 0) is 12.6 Å². The lowest BCUT2D eigenvalue weighted by molar-refractivity contribution is -0.137. The highest BCUT2D eigenvalue weighted by Gasteiger charge is 2.34. The average Bonchev–Trinajstić information content (AvgIpc) is 2.96. The van der Waals surface area contributed by atoms with E-state index in [2.05, 4.69) is 17.2 Å². The van der Waals surface area contributed by atoms with Crippen molar-refractivity contribution in [2.75, 3.05) is 0 Å². The van der Waals surface area contributed by atoms with Crippen LogP contribution in [0.5, 0.6) is 0 Å². The number of hydrogen-bond acceptors (Lipinski definition) is 2. The molecule has 0 fully saturated rings. The zero-order valence-corrected chi connectivity index (χ0v) is 12.6. The molecule has 6 heteroatoms. The van der Waals surface area contributed by atoms with Crippen LogP contribution in [0.25, 0.3) is 16.7 Å². The fraction of sp³-hybridized carbons (Fsp3) is 0.294. The molecular weight excluding hydrogens is 303 g/mol. The molecule has 1 heterocycles. The van der Waals surface area contributed by atoms with Crippen LogP contribution >= 0.6 is 0 Å². The molecule has 0 N–H and O–H groups in total. The van der Waals surface area contributed by atoms with Gasteiger partial charge >= 0.3 is 6.18 Å². The summed E-state index contributed by atoms with van der Waals surface area (Å²) in [7, 11) is 0. The van der Waals surface area contributed by atoms with Crippen molar-refractivity contribution in [2.45, 2.75) is 32.4 Å². The first-order valence-electron chi connectivity index (χ1n) is 7.52. The zero-order valence-electron chi connectivity index (χ0n) is 12.6. The Hall–Kier alpha value is -2.37. The minimum absolute atomic E-state index is 0.00450. The van der Waals surface area contributed by atoms with E-state index in [-0.39, 0.29) is 5.69 Å². The topological polar surface area (TPSA) is 30.7 Å². The quantitative estimate of drug-likeness (QED) is 0.693. The molecule has 3 aromatic rings. The van der Waals surface area contributed by atoms with Gasteiger partial charge in [0.25, 0.3) is 0 Å². The Morgan fingerprint density at radius 2 is 1.83 bits per heavy atom. The maximum absolute atomic E-state index is 13.2. The summed E-state index contributed by atoms with van der Waals surface area (Å²) in [5.74, 6) is 0. The molecule has 0 unspecified atom stereocenters. The summed E-state index contributed by atoms with van der Waals surface area (Å²) in [6, 6.07) is 10.9. The van der Waals surface area contributed by atoms with Gasteiger partial charge in [-0.25, -0.2) is 4.68 Å². The van der Waals surface area contributed by atoms with Crippen LogP contribution in [0, 0.1) is 0 Å². The molecule has 0 bridgehead atoms. The second-order valence-electron chi connectivity index (χ2n) is 5.40. The number of alkyl halides is 3. The number of aryl methyl sites for hydroxylation is 1. The van der Waals surface area contributed by atoms with E-state index in [1.54, 1.807) is 12.1 Å². The molecule has 1 aromatic heterocycles. The lowest BCUT2D eigenvalue weighted by Gasteiger charge is -2.12. The molecule has 0 saturated carbocycles. The number of fused-ring (bicyclic) bond motifs is 1. The summed E-state index contributed by atoms with van der Waals surface area (Å²) in [6.45, 7) is 2.09. The van der Waals surface area contributed by atoms with E-state index in [9.17, 15) is 13.2 Å². The Morgan fingerprint density at radius 1 is 1.04 bits per heavy atom. The molecule has 0 aliphatic carbocycles. The molecule has 0 spiro atoms. The molecule has 3 nitrogen and oxygen atoms in total. The lowest BCUT2D eigenvalue weighted by atomic mass is 10.1. The van der Waals surface area contributed by atoms with Crippen LogP contribution in [0.4, 0.5) is 13.2 Å². The summed E-state index contributed by atoms with van der Waals surface area (Å²) in [5.41, 5.74) is 1.55. The monoisotopic (exact) mass is 319 g/mol. The van der Waals surface area contributed by atoms with E-state index in [4.69, 9.17) is 0 Å². The molecule has 0 saturated heterocycles. The normalized spacial score (nSPS) is 12.0. The second kappa shape index (κ2) is 6.02. The number of unbranched alkanes of at least 4 members (excludes halogenated alkanes) is 1. The van der Waals surface area contributed by atoms with Gasteiger partial charge in [-0.1, -0.05) is 42.8 Å². The van der Waals surface area contributed by atoms with Crippen LogP contribution in [0.2, 0.25) is 0 Å². The molecule has 120 valence electrons. The van der Waals surface area contributed by atoms with Crippen LogP contribution in [0.15, 0.2) is 42.5 Å². The van der Waals surface area contributed by atoms with Crippen LogP contribution in [-0.4, -0.2) is 15.0 Å². The Labute approximate surface area is 131 Å². The third-order valence-electron chi connectivity index (χ3n) is 3.80. The van der Waals surface area contributed by atoms with Crippen molar-refractivity contribution < 1.29 is 13.2 Å². The summed E-state index contributed by atoms with van der Waals surface area (Å²) in [6.07, 6.45) is -1.55. The first-order chi connectivity index (χ1) is 11.0. The lowest BCUT2D eigenvalue weighted by Crippen LogP contribution is -2.11. The highest BCUT2D eigenvalue weighted by molar-refractivity contribution is 5.80. The van der Waals surface area contributed by atoms with Gasteiger partial charge in [-0.05, 0) is 36.6 Å². The van der Waals surface area contributed by atoms with Crippen molar-refractivity contribution in [3.8, 4) is 5.69 Å². The van der Waals surface area contributed by atoms with E-state index < -0.39 is 11.7 Å². The van der Waals surface area contributed by atoms with Gasteiger partial charge in [0.2, 0.25) is 0 Å². The number of para-hydroxylation sites is 1. The fourth-order valence-corrected chi connectivity index (χ4v) is 2.65. The van der Waals surface area contributed by atoms with Crippen LogP contribution in [0.1, 0.15) is 30.9 Å². The van der Waals surface area contributed by atoms with Crippen molar-refractivity contribution in [3.05, 3.63) is 53.6 Å². The van der Waals surface area contributed by atoms with E-state index in [1.807, 2.05) is 12.1 Å². The molecule has 3 rings (SSSR count). The number of aromatic nitrogens is 3. The predicted molar refractivity (Wildman–Crippen MR) is 82.5 cm³/mol. The number of benzene rings is 2. The van der Waals surface area contributed by atoms with Gasteiger partial charge in [-0.2, -0.15) is 13.2 Å². The highest BCUT2D eigenvalue weighted by Crippen LogP contribution is 2.34. The molecule has 0 aliphatic heterocycles. The van der Waals surface area contributed by atoms with Gasteiger partial charge < -0.3 is 0 Å². The van der Waals surface area contributed by atoms with Gasteiger partial charge in [0, 0.05) is 0 Å². The predicted octanol–water partition coefficient (Wildman–Crippen LogP) is 4.78. The van der Waals surface area contributed by atoms with E-state index in [0.717, 1.165) is 30.9 Å². The summed E-state index contributed by atoms with van der Waals surface area (Å²) >= 11 is 0. The minimum atomic E-state index is -4.44. The van der Waals surface area contributed by atoms with Crippen LogP contribution in [0.3, 0.4) is 0 Å². The molecule has 0 radical (unpaired) electrons. The summed E-state index contributed by atoms with van der Waals surface area (Å²) < 4.78 is 40.9. The molecule has 23 heavy (non-hydrogen) atoms. The average molecular weight is 319 g/mol. The Kier molecular flexibility index (Phi) is 4.07. The smallest absolute Gasteiger partial charge is 0.212 e. The second-order valence-corrected chi connectivity index (χ2v) is 5.40. The molecule has 2 aromatic carbocycles. The van der Waals surface area contributed by atoms with Gasteiger partial charge in [-0.3, -0.25) is 0 Å². The maximum Gasteiger partial charge on any atom is 0.418 e. The number of rotatable bonds is 4. The third-order valence-corrected chi connectivity index (χ3v) is 3.80. The number of halogens is 3. The van der Waals surface area contributed by atoms with Crippen molar-refractivity contribution >= 4 is 11.0 Å². The van der Waals surface area contributed by atoms with Gasteiger partial charge in [0.1, 0.15) is 5.52 Å². The van der Waals surface area contributed by atoms with Crippen molar-refractivity contribution in [1.82, 2.24) is 15.0 Å². The Morgan fingerprint density at radius 3 is 2.57 bits per heavy atom. The van der Waals surface area contributed by atoms with E-state index >= 15 is 0 Å². The summed E-state index contributed by atoms with van der Waals surface area (Å²) in [5, 5.41) is 8.09. The SMILES string of the molecule is CCCCc1cccc2c1nnn2-c1ccccc1C(F)(F)F. The molecule has 0 amide bonds. The number of hydrogen-bond donors (Lipinski definition) is 0. The van der Waals surface area contributed by atoms with Crippen LogP contribution < -0.4 is 0 Å².